The summed E-state index contributed by atoms with van der Waals surface area (Å²) in [5.41, 5.74) is -1.91. The van der Waals surface area contributed by atoms with Gasteiger partial charge in [-0.3, -0.25) is 0 Å². The summed E-state index contributed by atoms with van der Waals surface area (Å²) < 4.78 is 74.8. The molecule has 1 aliphatic heterocycles. The van der Waals surface area contributed by atoms with Crippen molar-refractivity contribution in [3.8, 4) is 0 Å². The molecule has 1 aliphatic rings. The molecule has 22 heavy (non-hydrogen) atoms. The molecule has 1 fully saturated rings. The van der Waals surface area contributed by atoms with Gasteiger partial charge >= 0.3 is 12.1 Å². The lowest BCUT2D eigenvalue weighted by atomic mass is 10.0. The van der Waals surface area contributed by atoms with Crippen LogP contribution in [-0.4, -0.2) is 43.9 Å². The van der Waals surface area contributed by atoms with E-state index in [1.54, 1.807) is 0 Å². The number of rotatable bonds is 5. The maximum Gasteiger partial charge on any atom is 0.459 e. The summed E-state index contributed by atoms with van der Waals surface area (Å²) in [6.45, 7) is 0.203. The van der Waals surface area contributed by atoms with Gasteiger partial charge in [0.2, 0.25) is 0 Å². The molecular formula is C13H12F5NO3. The molecule has 1 heterocycles. The molecule has 0 bridgehead atoms. The normalized spacial score (nSPS) is 17.8. The zero-order valence-corrected chi connectivity index (χ0v) is 11.1. The minimum Gasteiger partial charge on any atom is -0.390 e. The minimum atomic E-state index is -5.79. The molecule has 2 rings (SSSR count). The minimum absolute atomic E-state index is 0.294. The van der Waals surface area contributed by atoms with E-state index in [1.807, 2.05) is 0 Å². The molecule has 1 aromatic carbocycles. The van der Waals surface area contributed by atoms with Crippen LogP contribution >= 0.6 is 0 Å². The van der Waals surface area contributed by atoms with Crippen LogP contribution in [0.25, 0.3) is 0 Å². The van der Waals surface area contributed by atoms with Gasteiger partial charge in [0.15, 0.2) is 18.6 Å². The maximum atomic E-state index is 13.6. The highest BCUT2D eigenvalue weighted by Crippen LogP contribution is 2.38. The van der Waals surface area contributed by atoms with Crippen molar-refractivity contribution in [2.24, 2.45) is 5.16 Å². The van der Waals surface area contributed by atoms with Crippen LogP contribution in [0, 0.1) is 0 Å². The van der Waals surface area contributed by atoms with Gasteiger partial charge in [0.05, 0.1) is 13.2 Å². The fourth-order valence-electron chi connectivity index (χ4n) is 1.69. The Kier molecular flexibility index (Phi) is 4.97. The molecule has 0 unspecified atom stereocenters. The zero-order valence-electron chi connectivity index (χ0n) is 11.1. The number of oxime groups is 1. The smallest absolute Gasteiger partial charge is 0.390 e. The predicted molar refractivity (Wildman–Crippen MR) is 65.6 cm³/mol. The van der Waals surface area contributed by atoms with Gasteiger partial charge in [-0.15, -0.1) is 0 Å². The third-order valence-electron chi connectivity index (χ3n) is 2.76. The highest BCUT2D eigenvalue weighted by molar-refractivity contribution is 6.05. The molecule has 0 saturated carbocycles. The lowest BCUT2D eigenvalue weighted by molar-refractivity contribution is -0.249. The molecule has 122 valence electrons. The van der Waals surface area contributed by atoms with Crippen molar-refractivity contribution in [1.29, 1.82) is 0 Å². The lowest BCUT2D eigenvalue weighted by Gasteiger charge is -2.21. The molecule has 0 aliphatic carbocycles. The van der Waals surface area contributed by atoms with Gasteiger partial charge < -0.3 is 14.3 Å². The largest absolute Gasteiger partial charge is 0.459 e. The first-order valence-corrected chi connectivity index (χ1v) is 6.26. The SMILES string of the molecule is FC(F)(F)C(F)(F)C(=NOCC1OCCO1)c1ccccc1. The van der Waals surface area contributed by atoms with Crippen molar-refractivity contribution in [3.63, 3.8) is 0 Å². The molecular weight excluding hydrogens is 313 g/mol. The summed E-state index contributed by atoms with van der Waals surface area (Å²) in [6, 6.07) is 6.30. The van der Waals surface area contributed by atoms with E-state index in [9.17, 15) is 22.0 Å². The molecule has 0 aromatic heterocycles. The Labute approximate surface area is 122 Å². The number of alkyl halides is 5. The van der Waals surface area contributed by atoms with Crippen LogP contribution < -0.4 is 0 Å². The summed E-state index contributed by atoms with van der Waals surface area (Å²) >= 11 is 0. The Balaban J connectivity index is 2.21. The van der Waals surface area contributed by atoms with Crippen molar-refractivity contribution in [2.45, 2.75) is 18.4 Å². The summed E-state index contributed by atoms with van der Waals surface area (Å²) in [4.78, 5) is 4.57. The van der Waals surface area contributed by atoms with Gasteiger partial charge in [0.25, 0.3) is 0 Å². The van der Waals surface area contributed by atoms with Crippen molar-refractivity contribution >= 4 is 5.71 Å². The molecule has 0 N–H and O–H groups in total. The van der Waals surface area contributed by atoms with E-state index in [4.69, 9.17) is 9.47 Å². The zero-order chi connectivity index (χ0) is 16.2. The molecule has 0 radical (unpaired) electrons. The summed E-state index contributed by atoms with van der Waals surface area (Å²) in [5, 5.41) is 2.98. The van der Waals surface area contributed by atoms with E-state index < -0.39 is 29.7 Å². The first kappa shape index (κ1) is 16.6. The Morgan fingerprint density at radius 1 is 1.09 bits per heavy atom. The standard InChI is InChI=1S/C13H12F5NO3/c14-12(15,13(16,17)18)11(9-4-2-1-3-5-9)19-22-8-10-20-6-7-21-10/h1-5,10H,6-8H2. The predicted octanol–water partition coefficient (Wildman–Crippen LogP) is 2.98. The van der Waals surface area contributed by atoms with Gasteiger partial charge in [-0.1, -0.05) is 35.5 Å². The fourth-order valence-corrected chi connectivity index (χ4v) is 1.69. The first-order valence-electron chi connectivity index (χ1n) is 6.26. The van der Waals surface area contributed by atoms with Gasteiger partial charge in [0.1, 0.15) is 0 Å². The van der Waals surface area contributed by atoms with Crippen LogP contribution in [0.5, 0.6) is 0 Å². The average molecular weight is 325 g/mol. The summed E-state index contributed by atoms with van der Waals surface area (Å²) in [5.74, 6) is -5.15. The van der Waals surface area contributed by atoms with E-state index in [0.29, 0.717) is 13.2 Å². The summed E-state index contributed by atoms with van der Waals surface area (Å²) in [7, 11) is 0. The van der Waals surface area contributed by atoms with E-state index in [-0.39, 0.29) is 6.61 Å². The fraction of sp³-hybridized carbons (Fsp3) is 0.462. The number of hydrogen-bond acceptors (Lipinski definition) is 4. The van der Waals surface area contributed by atoms with Gasteiger partial charge in [-0.25, -0.2) is 0 Å². The topological polar surface area (TPSA) is 40.0 Å². The Bertz CT molecular complexity index is 512. The van der Waals surface area contributed by atoms with Crippen molar-refractivity contribution < 1.29 is 36.3 Å². The van der Waals surface area contributed by atoms with Crippen LogP contribution in [-0.2, 0) is 14.3 Å². The molecule has 0 amide bonds. The third-order valence-corrected chi connectivity index (χ3v) is 2.76. The molecule has 0 atom stereocenters. The number of halogens is 5. The van der Waals surface area contributed by atoms with E-state index in [2.05, 4.69) is 9.99 Å². The lowest BCUT2D eigenvalue weighted by Crippen LogP contribution is -2.44. The Hall–Kier alpha value is -1.74. The highest BCUT2D eigenvalue weighted by Gasteiger charge is 2.62. The monoisotopic (exact) mass is 325 g/mol. The van der Waals surface area contributed by atoms with E-state index in [1.165, 1.54) is 18.2 Å². The van der Waals surface area contributed by atoms with Crippen LogP contribution in [0.2, 0.25) is 0 Å². The van der Waals surface area contributed by atoms with Crippen molar-refractivity contribution in [3.05, 3.63) is 35.9 Å². The van der Waals surface area contributed by atoms with E-state index >= 15 is 0 Å². The number of ether oxygens (including phenoxy) is 2. The Morgan fingerprint density at radius 3 is 2.23 bits per heavy atom. The van der Waals surface area contributed by atoms with Crippen molar-refractivity contribution in [1.82, 2.24) is 0 Å². The molecule has 0 spiro atoms. The Morgan fingerprint density at radius 2 is 1.68 bits per heavy atom. The van der Waals surface area contributed by atoms with E-state index in [0.717, 1.165) is 12.1 Å². The molecule has 1 saturated heterocycles. The number of benzene rings is 1. The quantitative estimate of drug-likeness (QED) is 0.475. The summed E-state index contributed by atoms with van der Waals surface area (Å²) in [6.07, 6.45) is -6.62. The highest BCUT2D eigenvalue weighted by atomic mass is 19.4. The van der Waals surface area contributed by atoms with Gasteiger partial charge in [-0.05, 0) is 0 Å². The van der Waals surface area contributed by atoms with Crippen molar-refractivity contribution in [2.75, 3.05) is 19.8 Å². The van der Waals surface area contributed by atoms with Crippen LogP contribution in [0.1, 0.15) is 5.56 Å². The van der Waals surface area contributed by atoms with Crippen LogP contribution in [0.3, 0.4) is 0 Å². The van der Waals surface area contributed by atoms with Gasteiger partial charge in [-0.2, -0.15) is 22.0 Å². The first-order chi connectivity index (χ1) is 10.3. The van der Waals surface area contributed by atoms with Gasteiger partial charge in [0, 0.05) is 5.56 Å². The third kappa shape index (κ3) is 3.72. The number of hydrogen-bond donors (Lipinski definition) is 0. The van der Waals surface area contributed by atoms with Crippen LogP contribution in [0.15, 0.2) is 35.5 Å². The second kappa shape index (κ2) is 6.57. The second-order valence-electron chi connectivity index (χ2n) is 4.34. The molecule has 4 nitrogen and oxygen atoms in total. The molecule has 1 aromatic rings. The molecule has 9 heteroatoms. The van der Waals surface area contributed by atoms with Crippen LogP contribution in [0.4, 0.5) is 22.0 Å². The second-order valence-corrected chi connectivity index (χ2v) is 4.34. The average Bonchev–Trinajstić information content (AvgIpc) is 2.96. The maximum absolute atomic E-state index is 13.6. The number of nitrogens with zero attached hydrogens (tertiary/aromatic N) is 1.